The van der Waals surface area contributed by atoms with Crippen molar-refractivity contribution in [2.75, 3.05) is 7.11 Å². The van der Waals surface area contributed by atoms with Crippen LogP contribution in [-0.2, 0) is 21.5 Å². The van der Waals surface area contributed by atoms with Crippen molar-refractivity contribution in [3.63, 3.8) is 0 Å². The first-order valence-electron chi connectivity index (χ1n) is 12.9. The van der Waals surface area contributed by atoms with E-state index in [1.165, 1.54) is 11.7 Å². The summed E-state index contributed by atoms with van der Waals surface area (Å²) in [5.41, 5.74) is 2.07. The molecule has 0 aliphatic rings. The third kappa shape index (κ3) is 5.14. The maximum absolute atomic E-state index is 16.1. The number of aromatic nitrogens is 2. The van der Waals surface area contributed by atoms with E-state index in [1.54, 1.807) is 36.5 Å². The minimum Gasteiger partial charge on any atom is -0.467 e. The number of rotatable bonds is 9. The first-order valence-corrected chi connectivity index (χ1v) is 12.9. The third-order valence-electron chi connectivity index (χ3n) is 6.89. The fraction of sp³-hybridized carbons (Fsp3) is 0.121. The third-order valence-corrected chi connectivity index (χ3v) is 6.89. The lowest BCUT2D eigenvalue weighted by Crippen LogP contribution is -2.43. The molecule has 5 aromatic rings. The molecular formula is C33H28FN3O3. The second-order valence-corrected chi connectivity index (χ2v) is 9.30. The van der Waals surface area contributed by atoms with Crippen molar-refractivity contribution < 1.29 is 18.7 Å². The van der Waals surface area contributed by atoms with Gasteiger partial charge >= 0.3 is 5.97 Å². The van der Waals surface area contributed by atoms with Gasteiger partial charge in [0.2, 0.25) is 0 Å². The minimum atomic E-state index is -1.10. The molecule has 4 aromatic carbocycles. The molecule has 0 aliphatic carbocycles. The van der Waals surface area contributed by atoms with Crippen molar-refractivity contribution in [1.29, 1.82) is 0 Å². The lowest BCUT2D eigenvalue weighted by atomic mass is 9.76. The van der Waals surface area contributed by atoms with Crippen LogP contribution in [0.15, 0.2) is 128 Å². The molecule has 7 heteroatoms. The van der Waals surface area contributed by atoms with Crippen LogP contribution in [-0.4, -0.2) is 34.6 Å². The van der Waals surface area contributed by atoms with Gasteiger partial charge in [-0.3, -0.25) is 9.36 Å². The fourth-order valence-electron chi connectivity index (χ4n) is 5.07. The molecule has 1 N–H and O–H groups in total. The molecule has 5 rings (SSSR count). The number of carbonyl (C=O) groups excluding carboxylic acids is 2. The molecule has 1 heterocycles. The number of nitrogens with zero attached hydrogens (tertiary/aromatic N) is 2. The summed E-state index contributed by atoms with van der Waals surface area (Å²) in [5.74, 6) is -1.09. The molecule has 0 aliphatic heterocycles. The second kappa shape index (κ2) is 11.8. The molecule has 1 aromatic heterocycles. The number of nitrogens with one attached hydrogen (secondary N) is 1. The Hall–Kier alpha value is -5.04. The van der Waals surface area contributed by atoms with Gasteiger partial charge in [0.15, 0.2) is 0 Å². The maximum Gasteiger partial charge on any atom is 0.328 e. The van der Waals surface area contributed by atoms with Crippen LogP contribution in [0.3, 0.4) is 0 Å². The first kappa shape index (κ1) is 26.6. The molecule has 0 saturated carbocycles. The number of halogens is 1. The molecule has 0 radical (unpaired) electrons. The Morgan fingerprint density at radius 1 is 0.800 bits per heavy atom. The molecule has 1 unspecified atom stereocenters. The van der Waals surface area contributed by atoms with Gasteiger partial charge in [-0.2, -0.15) is 4.39 Å². The zero-order chi connectivity index (χ0) is 28.0. The van der Waals surface area contributed by atoms with E-state index in [0.717, 1.165) is 16.7 Å². The number of ether oxygens (including phenoxy) is 1. The highest BCUT2D eigenvalue weighted by molar-refractivity contribution is 5.96. The molecule has 0 fully saturated rings. The zero-order valence-electron chi connectivity index (χ0n) is 21.9. The Kier molecular flexibility index (Phi) is 7.82. The van der Waals surface area contributed by atoms with Crippen LogP contribution in [0.4, 0.5) is 4.39 Å². The Balaban J connectivity index is 1.62. The maximum atomic E-state index is 16.1. The summed E-state index contributed by atoms with van der Waals surface area (Å²) >= 11 is 0. The van der Waals surface area contributed by atoms with Crippen LogP contribution in [0.2, 0.25) is 0 Å². The van der Waals surface area contributed by atoms with Gasteiger partial charge in [0.1, 0.15) is 11.6 Å². The number of hydrogen-bond donors (Lipinski definition) is 1. The average molecular weight is 534 g/mol. The monoisotopic (exact) mass is 533 g/mol. The predicted octanol–water partition coefficient (Wildman–Crippen LogP) is 5.38. The quantitative estimate of drug-likeness (QED) is 0.204. The summed E-state index contributed by atoms with van der Waals surface area (Å²) < 4.78 is 22.5. The van der Waals surface area contributed by atoms with Gasteiger partial charge in [-0.05, 0) is 28.8 Å². The standard InChI is InChI=1S/C33H28FN3O3/c1-40-31(39)29(36-30(38)24-14-6-2-7-15-24)22-28-23-37(32(34)35-28)33(25-16-8-3-9-17-25,26-18-10-4-11-19-26)27-20-12-5-13-21-27/h2-21,23,29H,22H2,1H3,(H,36,38). The normalized spacial score (nSPS) is 11.9. The van der Waals surface area contributed by atoms with Gasteiger partial charge in [0.05, 0.1) is 12.8 Å². The average Bonchev–Trinajstić information content (AvgIpc) is 3.38. The molecule has 200 valence electrons. The van der Waals surface area contributed by atoms with Crippen molar-refractivity contribution in [1.82, 2.24) is 14.9 Å². The lowest BCUT2D eigenvalue weighted by Gasteiger charge is -2.37. The van der Waals surface area contributed by atoms with E-state index >= 15 is 4.39 Å². The molecule has 1 amide bonds. The van der Waals surface area contributed by atoms with Gasteiger partial charge in [-0.15, -0.1) is 0 Å². The number of esters is 1. The minimum absolute atomic E-state index is 0.0659. The van der Waals surface area contributed by atoms with Crippen molar-refractivity contribution in [2.45, 2.75) is 18.0 Å². The molecule has 0 spiro atoms. The van der Waals surface area contributed by atoms with Crippen molar-refractivity contribution in [2.24, 2.45) is 0 Å². The van der Waals surface area contributed by atoms with Gasteiger partial charge in [0, 0.05) is 18.2 Å². The zero-order valence-corrected chi connectivity index (χ0v) is 21.9. The molecule has 40 heavy (non-hydrogen) atoms. The Labute approximate surface area is 232 Å². The van der Waals surface area contributed by atoms with Crippen molar-refractivity contribution in [3.05, 3.63) is 162 Å². The van der Waals surface area contributed by atoms with Crippen LogP contribution >= 0.6 is 0 Å². The highest BCUT2D eigenvalue weighted by atomic mass is 19.1. The highest BCUT2D eigenvalue weighted by Gasteiger charge is 2.40. The van der Waals surface area contributed by atoms with Gasteiger partial charge in [0.25, 0.3) is 12.0 Å². The number of carbonyl (C=O) groups is 2. The number of amides is 1. The summed E-state index contributed by atoms with van der Waals surface area (Å²) in [5, 5.41) is 2.71. The fourth-order valence-corrected chi connectivity index (χ4v) is 5.07. The van der Waals surface area contributed by atoms with E-state index in [4.69, 9.17) is 4.74 Å². The second-order valence-electron chi connectivity index (χ2n) is 9.30. The number of hydrogen-bond acceptors (Lipinski definition) is 4. The summed E-state index contributed by atoms with van der Waals surface area (Å²) in [6, 6.07) is 36.4. The predicted molar refractivity (Wildman–Crippen MR) is 150 cm³/mol. The van der Waals surface area contributed by atoms with Gasteiger partial charge in [-0.25, -0.2) is 9.78 Å². The van der Waals surface area contributed by atoms with E-state index in [0.29, 0.717) is 5.56 Å². The largest absolute Gasteiger partial charge is 0.467 e. The van der Waals surface area contributed by atoms with Crippen molar-refractivity contribution in [3.8, 4) is 0 Å². The van der Waals surface area contributed by atoms with Crippen LogP contribution in [0, 0.1) is 6.08 Å². The van der Waals surface area contributed by atoms with Crippen LogP contribution in [0.5, 0.6) is 0 Å². The Morgan fingerprint density at radius 3 is 1.70 bits per heavy atom. The van der Waals surface area contributed by atoms with E-state index in [-0.39, 0.29) is 12.1 Å². The molecule has 6 nitrogen and oxygen atoms in total. The van der Waals surface area contributed by atoms with Gasteiger partial charge < -0.3 is 10.1 Å². The van der Waals surface area contributed by atoms with E-state index in [9.17, 15) is 9.59 Å². The van der Waals surface area contributed by atoms with Crippen LogP contribution in [0.1, 0.15) is 32.7 Å². The van der Waals surface area contributed by atoms with E-state index in [2.05, 4.69) is 10.3 Å². The smallest absolute Gasteiger partial charge is 0.328 e. The SMILES string of the molecule is COC(=O)C(Cc1cn(C(c2ccccc2)(c2ccccc2)c2ccccc2)c(F)n1)NC(=O)c1ccccc1. The summed E-state index contributed by atoms with van der Waals surface area (Å²) in [6.07, 6.45) is 0.806. The Bertz CT molecular complexity index is 1480. The number of benzene rings is 4. The molecule has 0 bridgehead atoms. The van der Waals surface area contributed by atoms with Crippen LogP contribution < -0.4 is 5.32 Å². The summed E-state index contributed by atoms with van der Waals surface area (Å²) in [6.45, 7) is 0. The van der Waals surface area contributed by atoms with Crippen LogP contribution in [0.25, 0.3) is 0 Å². The topological polar surface area (TPSA) is 73.2 Å². The molecule has 1 atom stereocenters. The number of methoxy groups -OCH3 is 1. The summed E-state index contributed by atoms with van der Waals surface area (Å²) in [7, 11) is 1.24. The number of imidazole rings is 1. The highest BCUT2D eigenvalue weighted by Crippen LogP contribution is 2.41. The van der Waals surface area contributed by atoms with E-state index in [1.807, 2.05) is 91.0 Å². The molecule has 0 saturated heterocycles. The first-order chi connectivity index (χ1) is 19.5. The Morgan fingerprint density at radius 2 is 1.25 bits per heavy atom. The summed E-state index contributed by atoms with van der Waals surface area (Å²) in [4.78, 5) is 29.7. The molecular weight excluding hydrogens is 505 g/mol. The lowest BCUT2D eigenvalue weighted by molar-refractivity contribution is -0.142. The van der Waals surface area contributed by atoms with Crippen molar-refractivity contribution >= 4 is 11.9 Å². The van der Waals surface area contributed by atoms with E-state index < -0.39 is 29.5 Å². The van der Waals surface area contributed by atoms with Gasteiger partial charge in [-0.1, -0.05) is 109 Å².